The Morgan fingerprint density at radius 1 is 1.33 bits per heavy atom. The lowest BCUT2D eigenvalue weighted by Crippen LogP contribution is -2.43. The Bertz CT molecular complexity index is 156. The first kappa shape index (κ1) is 14.9. The second kappa shape index (κ2) is 7.20. The van der Waals surface area contributed by atoms with Crippen LogP contribution < -0.4 is 5.73 Å². The highest BCUT2D eigenvalue weighted by molar-refractivity contribution is 4.81. The van der Waals surface area contributed by atoms with Crippen LogP contribution >= 0.6 is 0 Å². The Morgan fingerprint density at radius 2 is 1.93 bits per heavy atom. The molecule has 0 aromatic heterocycles. The van der Waals surface area contributed by atoms with Crippen molar-refractivity contribution in [1.82, 2.24) is 0 Å². The fourth-order valence-electron chi connectivity index (χ4n) is 1.25. The molecule has 0 fully saturated rings. The zero-order valence-electron chi connectivity index (χ0n) is 10.6. The van der Waals surface area contributed by atoms with Crippen molar-refractivity contribution in [2.75, 3.05) is 13.2 Å². The SMILES string of the molecule is CCC(N)(CO)CCCOC(C)C(C)C. The summed E-state index contributed by atoms with van der Waals surface area (Å²) in [6.45, 7) is 9.19. The van der Waals surface area contributed by atoms with Crippen molar-refractivity contribution >= 4 is 0 Å². The summed E-state index contributed by atoms with van der Waals surface area (Å²) in [5.41, 5.74) is 5.56. The fourth-order valence-corrected chi connectivity index (χ4v) is 1.25. The third-order valence-corrected chi connectivity index (χ3v) is 3.16. The van der Waals surface area contributed by atoms with E-state index >= 15 is 0 Å². The molecule has 0 bridgehead atoms. The number of aliphatic hydroxyl groups is 1. The van der Waals surface area contributed by atoms with E-state index in [1.807, 2.05) is 6.92 Å². The molecule has 2 unspecified atom stereocenters. The van der Waals surface area contributed by atoms with E-state index in [1.165, 1.54) is 0 Å². The van der Waals surface area contributed by atoms with Crippen molar-refractivity contribution in [3.8, 4) is 0 Å². The van der Waals surface area contributed by atoms with Gasteiger partial charge < -0.3 is 15.6 Å². The topological polar surface area (TPSA) is 55.5 Å². The van der Waals surface area contributed by atoms with Crippen molar-refractivity contribution in [2.24, 2.45) is 11.7 Å². The van der Waals surface area contributed by atoms with Gasteiger partial charge in [-0.2, -0.15) is 0 Å². The van der Waals surface area contributed by atoms with Gasteiger partial charge in [-0.3, -0.25) is 0 Å². The van der Waals surface area contributed by atoms with Crippen LogP contribution in [0.5, 0.6) is 0 Å². The van der Waals surface area contributed by atoms with Gasteiger partial charge in [0.25, 0.3) is 0 Å². The van der Waals surface area contributed by atoms with E-state index in [4.69, 9.17) is 15.6 Å². The molecule has 0 aliphatic heterocycles. The minimum absolute atomic E-state index is 0.0588. The molecule has 0 aromatic rings. The molecule has 3 heteroatoms. The maximum Gasteiger partial charge on any atom is 0.0611 e. The molecule has 2 atom stereocenters. The lowest BCUT2D eigenvalue weighted by molar-refractivity contribution is 0.0291. The van der Waals surface area contributed by atoms with Crippen LogP contribution in [-0.4, -0.2) is 30.0 Å². The Hall–Kier alpha value is -0.120. The Morgan fingerprint density at radius 3 is 2.33 bits per heavy atom. The number of hydrogen-bond acceptors (Lipinski definition) is 3. The average Bonchev–Trinajstić information content (AvgIpc) is 2.23. The molecule has 0 aromatic carbocycles. The van der Waals surface area contributed by atoms with E-state index in [9.17, 15) is 0 Å². The number of aliphatic hydroxyl groups excluding tert-OH is 1. The summed E-state index contributed by atoms with van der Waals surface area (Å²) in [4.78, 5) is 0. The fraction of sp³-hybridized carbons (Fsp3) is 1.00. The maximum atomic E-state index is 9.12. The third kappa shape index (κ3) is 6.13. The van der Waals surface area contributed by atoms with Gasteiger partial charge in [0.15, 0.2) is 0 Å². The van der Waals surface area contributed by atoms with Gasteiger partial charge in [-0.15, -0.1) is 0 Å². The first-order valence-corrected chi connectivity index (χ1v) is 5.96. The van der Waals surface area contributed by atoms with Gasteiger partial charge in [0.1, 0.15) is 0 Å². The van der Waals surface area contributed by atoms with E-state index in [1.54, 1.807) is 0 Å². The van der Waals surface area contributed by atoms with Gasteiger partial charge in [-0.25, -0.2) is 0 Å². The number of hydrogen-bond donors (Lipinski definition) is 2. The van der Waals surface area contributed by atoms with Crippen LogP contribution in [0, 0.1) is 5.92 Å². The standard InChI is InChI=1S/C12H27NO2/c1-5-12(13,9-14)7-6-8-15-11(4)10(2)3/h10-11,14H,5-9,13H2,1-4H3. The molecule has 15 heavy (non-hydrogen) atoms. The van der Waals surface area contributed by atoms with Crippen LogP contribution in [0.4, 0.5) is 0 Å². The lowest BCUT2D eigenvalue weighted by Gasteiger charge is -2.26. The lowest BCUT2D eigenvalue weighted by atomic mass is 9.93. The van der Waals surface area contributed by atoms with Crippen molar-refractivity contribution in [1.29, 1.82) is 0 Å². The minimum atomic E-state index is -0.412. The molecular formula is C12H27NO2. The van der Waals surface area contributed by atoms with E-state index < -0.39 is 5.54 Å². The number of rotatable bonds is 8. The molecule has 0 saturated carbocycles. The molecule has 3 N–H and O–H groups in total. The predicted molar refractivity (Wildman–Crippen MR) is 63.8 cm³/mol. The molecule has 3 nitrogen and oxygen atoms in total. The first-order valence-electron chi connectivity index (χ1n) is 5.96. The van der Waals surface area contributed by atoms with Gasteiger partial charge in [0.05, 0.1) is 12.7 Å². The summed E-state index contributed by atoms with van der Waals surface area (Å²) in [5, 5.41) is 9.12. The summed E-state index contributed by atoms with van der Waals surface area (Å²) >= 11 is 0. The van der Waals surface area contributed by atoms with Crippen molar-refractivity contribution in [3.63, 3.8) is 0 Å². The summed E-state index contributed by atoms with van der Waals surface area (Å²) in [5.74, 6) is 0.552. The molecule has 0 amide bonds. The highest BCUT2D eigenvalue weighted by Gasteiger charge is 2.20. The third-order valence-electron chi connectivity index (χ3n) is 3.16. The summed E-state index contributed by atoms with van der Waals surface area (Å²) < 4.78 is 5.65. The second-order valence-corrected chi connectivity index (χ2v) is 4.80. The molecular weight excluding hydrogens is 190 g/mol. The zero-order chi connectivity index (χ0) is 11.9. The van der Waals surface area contributed by atoms with Gasteiger partial charge >= 0.3 is 0 Å². The molecule has 0 aliphatic rings. The van der Waals surface area contributed by atoms with Crippen LogP contribution in [0.15, 0.2) is 0 Å². The van der Waals surface area contributed by atoms with E-state index in [2.05, 4.69) is 20.8 Å². The molecule has 0 spiro atoms. The second-order valence-electron chi connectivity index (χ2n) is 4.80. The maximum absolute atomic E-state index is 9.12. The van der Waals surface area contributed by atoms with Crippen molar-refractivity contribution < 1.29 is 9.84 Å². The molecule has 0 aliphatic carbocycles. The molecule has 0 radical (unpaired) electrons. The number of ether oxygens (including phenoxy) is 1. The number of nitrogens with two attached hydrogens (primary N) is 1. The molecule has 0 saturated heterocycles. The molecule has 92 valence electrons. The Balaban J connectivity index is 3.62. The highest BCUT2D eigenvalue weighted by Crippen LogP contribution is 2.14. The quantitative estimate of drug-likeness (QED) is 0.611. The van der Waals surface area contributed by atoms with Crippen molar-refractivity contribution in [2.45, 2.75) is 58.6 Å². The van der Waals surface area contributed by atoms with Crippen LogP contribution in [0.2, 0.25) is 0 Å². The van der Waals surface area contributed by atoms with Crippen LogP contribution in [-0.2, 0) is 4.74 Å². The van der Waals surface area contributed by atoms with Gasteiger partial charge in [0, 0.05) is 12.1 Å². The monoisotopic (exact) mass is 217 g/mol. The minimum Gasteiger partial charge on any atom is -0.394 e. The van der Waals surface area contributed by atoms with E-state index in [-0.39, 0.29) is 6.61 Å². The van der Waals surface area contributed by atoms with Crippen molar-refractivity contribution in [3.05, 3.63) is 0 Å². The van der Waals surface area contributed by atoms with Gasteiger partial charge in [-0.05, 0) is 32.1 Å². The van der Waals surface area contributed by atoms with Crippen LogP contribution in [0.1, 0.15) is 47.0 Å². The summed E-state index contributed by atoms with van der Waals surface area (Å²) in [6, 6.07) is 0. The predicted octanol–water partition coefficient (Wildman–Crippen LogP) is 1.93. The summed E-state index contributed by atoms with van der Waals surface area (Å²) in [7, 11) is 0. The summed E-state index contributed by atoms with van der Waals surface area (Å²) in [6.07, 6.45) is 2.85. The largest absolute Gasteiger partial charge is 0.394 e. The van der Waals surface area contributed by atoms with E-state index in [0.29, 0.717) is 12.0 Å². The molecule has 0 heterocycles. The Kier molecular flexibility index (Phi) is 7.14. The Labute approximate surface area is 94.0 Å². The van der Waals surface area contributed by atoms with Crippen LogP contribution in [0.3, 0.4) is 0 Å². The normalized spacial score (nSPS) is 17.8. The van der Waals surface area contributed by atoms with Gasteiger partial charge in [-0.1, -0.05) is 20.8 Å². The average molecular weight is 217 g/mol. The zero-order valence-corrected chi connectivity index (χ0v) is 10.6. The molecule has 0 rings (SSSR count). The van der Waals surface area contributed by atoms with E-state index in [0.717, 1.165) is 25.9 Å². The van der Waals surface area contributed by atoms with Crippen LogP contribution in [0.25, 0.3) is 0 Å². The highest BCUT2D eigenvalue weighted by atomic mass is 16.5. The van der Waals surface area contributed by atoms with Gasteiger partial charge in [0.2, 0.25) is 0 Å². The first-order chi connectivity index (χ1) is 6.95. The smallest absolute Gasteiger partial charge is 0.0611 e.